The molecule has 0 saturated heterocycles. The van der Waals surface area contributed by atoms with Crippen LogP contribution in [0.25, 0.3) is 0 Å². The highest BCUT2D eigenvalue weighted by atomic mass is 16.5. The van der Waals surface area contributed by atoms with Gasteiger partial charge < -0.3 is 9.47 Å². The first-order valence-corrected chi connectivity index (χ1v) is 5.34. The Balaban J connectivity index is 3.64. The van der Waals surface area contributed by atoms with Crippen molar-refractivity contribution in [1.29, 1.82) is 0 Å². The number of hydrogen-bond acceptors (Lipinski definition) is 2. The molecule has 0 aliphatic carbocycles. The van der Waals surface area contributed by atoms with Crippen molar-refractivity contribution < 1.29 is 9.47 Å². The molecule has 0 spiro atoms. The van der Waals surface area contributed by atoms with Gasteiger partial charge in [0.1, 0.15) is 0 Å². The van der Waals surface area contributed by atoms with Crippen molar-refractivity contribution in [2.75, 3.05) is 13.2 Å². The fourth-order valence-electron chi connectivity index (χ4n) is 1.49. The summed E-state index contributed by atoms with van der Waals surface area (Å²) in [5.74, 6) is 0.571. The molecule has 0 rings (SSSR count). The molecule has 0 heterocycles. The normalized spacial score (nSPS) is 18.2. The van der Waals surface area contributed by atoms with Crippen LogP contribution in [-0.2, 0) is 9.47 Å². The first-order chi connectivity index (χ1) is 6.11. The largest absolute Gasteiger partial charge is 0.379 e. The van der Waals surface area contributed by atoms with Crippen molar-refractivity contribution >= 4 is 0 Å². The second-order valence-electron chi connectivity index (χ2n) is 3.64. The van der Waals surface area contributed by atoms with Gasteiger partial charge in [0.25, 0.3) is 0 Å². The van der Waals surface area contributed by atoms with Crippen molar-refractivity contribution in [2.24, 2.45) is 5.92 Å². The number of ether oxygens (including phenoxy) is 2. The minimum atomic E-state index is 0.341. The SMILES string of the molecule is CCOC(C)CC(C)C(C)OCC. The quantitative estimate of drug-likeness (QED) is 0.611. The van der Waals surface area contributed by atoms with Crippen LogP contribution in [0.1, 0.15) is 41.0 Å². The second-order valence-corrected chi connectivity index (χ2v) is 3.64. The van der Waals surface area contributed by atoms with Gasteiger partial charge in [-0.05, 0) is 40.0 Å². The van der Waals surface area contributed by atoms with Crippen molar-refractivity contribution in [2.45, 2.75) is 53.2 Å². The summed E-state index contributed by atoms with van der Waals surface area (Å²) < 4.78 is 11.0. The molecule has 0 amide bonds. The Morgan fingerprint density at radius 3 is 1.92 bits per heavy atom. The van der Waals surface area contributed by atoms with Crippen molar-refractivity contribution in [3.05, 3.63) is 0 Å². The molecule has 2 heteroatoms. The van der Waals surface area contributed by atoms with Crippen LogP contribution in [0.4, 0.5) is 0 Å². The van der Waals surface area contributed by atoms with E-state index >= 15 is 0 Å². The highest BCUT2D eigenvalue weighted by Crippen LogP contribution is 2.15. The maximum absolute atomic E-state index is 5.53. The summed E-state index contributed by atoms with van der Waals surface area (Å²) in [5, 5.41) is 0. The average molecular weight is 188 g/mol. The van der Waals surface area contributed by atoms with Gasteiger partial charge in [-0.3, -0.25) is 0 Å². The first kappa shape index (κ1) is 12.9. The Morgan fingerprint density at radius 1 is 0.923 bits per heavy atom. The van der Waals surface area contributed by atoms with E-state index in [4.69, 9.17) is 9.47 Å². The highest BCUT2D eigenvalue weighted by molar-refractivity contribution is 4.65. The molecule has 0 aromatic heterocycles. The molecule has 0 N–H and O–H groups in total. The first-order valence-electron chi connectivity index (χ1n) is 5.34. The lowest BCUT2D eigenvalue weighted by Crippen LogP contribution is -2.23. The Bertz CT molecular complexity index is 115. The third-order valence-electron chi connectivity index (χ3n) is 2.39. The topological polar surface area (TPSA) is 18.5 Å². The van der Waals surface area contributed by atoms with E-state index in [1.807, 2.05) is 13.8 Å². The smallest absolute Gasteiger partial charge is 0.0573 e. The average Bonchev–Trinajstić information content (AvgIpc) is 2.05. The molecule has 0 aliphatic rings. The molecule has 13 heavy (non-hydrogen) atoms. The van der Waals surface area contributed by atoms with Crippen molar-refractivity contribution in [1.82, 2.24) is 0 Å². The molecule has 0 fully saturated rings. The monoisotopic (exact) mass is 188 g/mol. The van der Waals surface area contributed by atoms with Crippen LogP contribution in [0.5, 0.6) is 0 Å². The molecule has 0 aromatic carbocycles. The molecule has 0 radical (unpaired) electrons. The van der Waals surface area contributed by atoms with E-state index in [0.29, 0.717) is 18.1 Å². The zero-order valence-electron chi connectivity index (χ0n) is 9.67. The minimum absolute atomic E-state index is 0.341. The summed E-state index contributed by atoms with van der Waals surface area (Å²) in [6, 6.07) is 0. The summed E-state index contributed by atoms with van der Waals surface area (Å²) in [5.41, 5.74) is 0. The summed E-state index contributed by atoms with van der Waals surface area (Å²) in [4.78, 5) is 0. The molecule has 3 atom stereocenters. The molecular formula is C11H24O2. The summed E-state index contributed by atoms with van der Waals surface area (Å²) in [6.07, 6.45) is 1.77. The summed E-state index contributed by atoms with van der Waals surface area (Å²) >= 11 is 0. The molecule has 0 aliphatic heterocycles. The van der Waals surface area contributed by atoms with Crippen LogP contribution in [-0.4, -0.2) is 25.4 Å². The van der Waals surface area contributed by atoms with Gasteiger partial charge in [0, 0.05) is 13.2 Å². The van der Waals surface area contributed by atoms with E-state index in [9.17, 15) is 0 Å². The molecule has 3 unspecified atom stereocenters. The Kier molecular flexibility index (Phi) is 7.29. The standard InChI is InChI=1S/C11H24O2/c1-6-12-10(4)8-9(3)11(5)13-7-2/h9-11H,6-8H2,1-5H3. The third kappa shape index (κ3) is 6.05. The lowest BCUT2D eigenvalue weighted by Gasteiger charge is -2.22. The van der Waals surface area contributed by atoms with Crippen LogP contribution >= 0.6 is 0 Å². The van der Waals surface area contributed by atoms with Gasteiger partial charge >= 0.3 is 0 Å². The molecule has 80 valence electrons. The molecule has 0 bridgehead atoms. The molecular weight excluding hydrogens is 164 g/mol. The fraction of sp³-hybridized carbons (Fsp3) is 1.00. The van der Waals surface area contributed by atoms with Crippen LogP contribution < -0.4 is 0 Å². The zero-order valence-corrected chi connectivity index (χ0v) is 9.67. The second kappa shape index (κ2) is 7.34. The van der Waals surface area contributed by atoms with Gasteiger partial charge in [-0.1, -0.05) is 6.92 Å². The predicted molar refractivity (Wildman–Crippen MR) is 56.0 cm³/mol. The third-order valence-corrected chi connectivity index (χ3v) is 2.39. The summed E-state index contributed by atoms with van der Waals surface area (Å²) in [7, 11) is 0. The summed E-state index contributed by atoms with van der Waals surface area (Å²) in [6.45, 7) is 12.1. The number of hydrogen-bond donors (Lipinski definition) is 0. The Hall–Kier alpha value is -0.0800. The zero-order chi connectivity index (χ0) is 10.3. The van der Waals surface area contributed by atoms with Crippen molar-refractivity contribution in [3.63, 3.8) is 0 Å². The van der Waals surface area contributed by atoms with Gasteiger partial charge in [-0.2, -0.15) is 0 Å². The minimum Gasteiger partial charge on any atom is -0.379 e. The maximum atomic E-state index is 5.53. The Labute approximate surface area is 82.6 Å². The van der Waals surface area contributed by atoms with Gasteiger partial charge in [0.05, 0.1) is 12.2 Å². The van der Waals surface area contributed by atoms with E-state index in [1.165, 1.54) is 0 Å². The lowest BCUT2D eigenvalue weighted by molar-refractivity contribution is 0.00318. The van der Waals surface area contributed by atoms with Gasteiger partial charge in [0.2, 0.25) is 0 Å². The van der Waals surface area contributed by atoms with Crippen LogP contribution in [0, 0.1) is 5.92 Å². The molecule has 0 aromatic rings. The molecule has 0 saturated carbocycles. The van der Waals surface area contributed by atoms with E-state index in [2.05, 4.69) is 20.8 Å². The number of rotatable bonds is 7. The van der Waals surface area contributed by atoms with Crippen molar-refractivity contribution in [3.8, 4) is 0 Å². The molecule has 2 nitrogen and oxygen atoms in total. The maximum Gasteiger partial charge on any atom is 0.0573 e. The van der Waals surface area contributed by atoms with E-state index in [-0.39, 0.29) is 0 Å². The van der Waals surface area contributed by atoms with Gasteiger partial charge in [-0.15, -0.1) is 0 Å². The fourth-order valence-corrected chi connectivity index (χ4v) is 1.49. The van der Waals surface area contributed by atoms with E-state index < -0.39 is 0 Å². The van der Waals surface area contributed by atoms with E-state index in [0.717, 1.165) is 19.6 Å². The van der Waals surface area contributed by atoms with E-state index in [1.54, 1.807) is 0 Å². The van der Waals surface area contributed by atoms with Crippen LogP contribution in [0.2, 0.25) is 0 Å². The van der Waals surface area contributed by atoms with Gasteiger partial charge in [0.15, 0.2) is 0 Å². The Morgan fingerprint density at radius 2 is 1.46 bits per heavy atom. The van der Waals surface area contributed by atoms with Gasteiger partial charge in [-0.25, -0.2) is 0 Å². The van der Waals surface area contributed by atoms with Crippen LogP contribution in [0.3, 0.4) is 0 Å². The van der Waals surface area contributed by atoms with Crippen LogP contribution in [0.15, 0.2) is 0 Å². The predicted octanol–water partition coefficient (Wildman–Crippen LogP) is 2.86. The highest BCUT2D eigenvalue weighted by Gasteiger charge is 2.15. The lowest BCUT2D eigenvalue weighted by atomic mass is 9.99.